The van der Waals surface area contributed by atoms with Gasteiger partial charge in [-0.15, -0.1) is 0 Å². The van der Waals surface area contributed by atoms with Crippen molar-refractivity contribution in [2.45, 2.75) is 47.5 Å². The summed E-state index contributed by atoms with van der Waals surface area (Å²) >= 11 is 0. The summed E-state index contributed by atoms with van der Waals surface area (Å²) in [6, 6.07) is 0. The van der Waals surface area contributed by atoms with Crippen LogP contribution in [0.5, 0.6) is 0 Å². The molecule has 2 nitrogen and oxygen atoms in total. The highest BCUT2D eigenvalue weighted by Crippen LogP contribution is 2.29. The van der Waals surface area contributed by atoms with Crippen LogP contribution in [0, 0.1) is 17.8 Å². The van der Waals surface area contributed by atoms with Gasteiger partial charge in [-0.25, -0.2) is 0 Å². The van der Waals surface area contributed by atoms with Gasteiger partial charge in [0.05, 0.1) is 0 Å². The lowest BCUT2D eigenvalue weighted by Crippen LogP contribution is -2.32. The van der Waals surface area contributed by atoms with E-state index in [4.69, 9.17) is 0 Å². The highest BCUT2D eigenvalue weighted by molar-refractivity contribution is 5.73. The maximum atomic E-state index is 11.6. The zero-order valence-corrected chi connectivity index (χ0v) is 13.1. The van der Waals surface area contributed by atoms with Crippen molar-refractivity contribution >= 4 is 5.91 Å². The molecule has 1 aliphatic rings. The molecule has 1 rings (SSSR count). The molecule has 0 N–H and O–H groups in total. The summed E-state index contributed by atoms with van der Waals surface area (Å²) in [7, 11) is 0. The second-order valence-electron chi connectivity index (χ2n) is 6.32. The highest BCUT2D eigenvalue weighted by atomic mass is 16.2. The molecule has 0 spiro atoms. The second-order valence-corrected chi connectivity index (χ2v) is 6.32. The van der Waals surface area contributed by atoms with Crippen molar-refractivity contribution in [2.75, 3.05) is 13.1 Å². The maximum absolute atomic E-state index is 11.6. The van der Waals surface area contributed by atoms with E-state index in [1.807, 2.05) is 4.90 Å². The first-order valence-corrected chi connectivity index (χ1v) is 7.49. The molecule has 2 atom stereocenters. The van der Waals surface area contributed by atoms with Crippen LogP contribution in [-0.2, 0) is 4.79 Å². The Bertz CT molecular complexity index is 354. The van der Waals surface area contributed by atoms with E-state index in [9.17, 15) is 4.79 Å². The average molecular weight is 263 g/mol. The first kappa shape index (κ1) is 16.0. The van der Waals surface area contributed by atoms with Crippen molar-refractivity contribution in [3.05, 3.63) is 23.8 Å². The molecule has 0 bridgehead atoms. The van der Waals surface area contributed by atoms with E-state index in [0.717, 1.165) is 13.1 Å². The standard InChI is InChI=1S/C17H29NO/c1-13(2)12-18(16(5)19)10-6-7-17-9-8-14(3)11-15(17)4/h6-7,11,13,15,17H,8-10,12H2,1-5H3. The van der Waals surface area contributed by atoms with Gasteiger partial charge in [-0.1, -0.05) is 44.6 Å². The van der Waals surface area contributed by atoms with Crippen molar-refractivity contribution < 1.29 is 4.79 Å². The second kappa shape index (κ2) is 7.52. The molecule has 0 aromatic heterocycles. The normalized spacial score (nSPS) is 23.8. The van der Waals surface area contributed by atoms with E-state index in [2.05, 4.69) is 45.9 Å². The molecule has 1 amide bonds. The Hall–Kier alpha value is -1.05. The fourth-order valence-corrected chi connectivity index (χ4v) is 2.72. The highest BCUT2D eigenvalue weighted by Gasteiger charge is 2.17. The minimum absolute atomic E-state index is 0.172. The number of carbonyl (C=O) groups excluding carboxylic acids is 1. The number of rotatable bonds is 5. The van der Waals surface area contributed by atoms with Crippen LogP contribution in [0.4, 0.5) is 0 Å². The fraction of sp³-hybridized carbons (Fsp3) is 0.706. The minimum atomic E-state index is 0.172. The SMILES string of the molecule is CC(=O)N(CC=CC1CCC(C)=CC1C)CC(C)C. The van der Waals surface area contributed by atoms with Crippen LogP contribution in [0.15, 0.2) is 23.8 Å². The molecule has 108 valence electrons. The third kappa shape index (κ3) is 5.63. The van der Waals surface area contributed by atoms with Gasteiger partial charge in [0.15, 0.2) is 0 Å². The molecular formula is C17H29NO. The zero-order chi connectivity index (χ0) is 14.4. The summed E-state index contributed by atoms with van der Waals surface area (Å²) in [6.45, 7) is 12.1. The first-order chi connectivity index (χ1) is 8.90. The van der Waals surface area contributed by atoms with E-state index in [-0.39, 0.29) is 5.91 Å². The van der Waals surface area contributed by atoms with Gasteiger partial charge >= 0.3 is 0 Å². The van der Waals surface area contributed by atoms with Gasteiger partial charge in [0.25, 0.3) is 0 Å². The molecule has 0 fully saturated rings. The largest absolute Gasteiger partial charge is 0.339 e. The molecule has 19 heavy (non-hydrogen) atoms. The van der Waals surface area contributed by atoms with Gasteiger partial charge < -0.3 is 4.90 Å². The predicted molar refractivity (Wildman–Crippen MR) is 81.9 cm³/mol. The van der Waals surface area contributed by atoms with Gasteiger partial charge in [0.1, 0.15) is 0 Å². The predicted octanol–water partition coefficient (Wildman–Crippen LogP) is 4.04. The van der Waals surface area contributed by atoms with E-state index < -0.39 is 0 Å². The van der Waals surface area contributed by atoms with E-state index in [1.54, 1.807) is 6.92 Å². The Morgan fingerprint density at radius 2 is 2.21 bits per heavy atom. The van der Waals surface area contributed by atoms with Gasteiger partial charge in [-0.05, 0) is 37.5 Å². The number of nitrogens with zero attached hydrogens (tertiary/aromatic N) is 1. The van der Waals surface area contributed by atoms with Crippen molar-refractivity contribution in [2.24, 2.45) is 17.8 Å². The Morgan fingerprint density at radius 1 is 1.53 bits per heavy atom. The molecule has 2 unspecified atom stereocenters. The van der Waals surface area contributed by atoms with Gasteiger partial charge in [0, 0.05) is 20.0 Å². The third-order valence-corrected chi connectivity index (χ3v) is 3.83. The summed E-state index contributed by atoms with van der Waals surface area (Å²) in [6.07, 6.45) is 9.32. The summed E-state index contributed by atoms with van der Waals surface area (Å²) < 4.78 is 0. The molecule has 0 aromatic carbocycles. The van der Waals surface area contributed by atoms with E-state index >= 15 is 0 Å². The topological polar surface area (TPSA) is 20.3 Å². The Balaban J connectivity index is 2.50. The minimum Gasteiger partial charge on any atom is -0.339 e. The lowest BCUT2D eigenvalue weighted by Gasteiger charge is -2.25. The molecule has 0 heterocycles. The lowest BCUT2D eigenvalue weighted by atomic mass is 9.82. The third-order valence-electron chi connectivity index (χ3n) is 3.83. The monoisotopic (exact) mass is 263 g/mol. The summed E-state index contributed by atoms with van der Waals surface area (Å²) in [5.74, 6) is 1.96. The number of hydrogen-bond donors (Lipinski definition) is 0. The van der Waals surface area contributed by atoms with Crippen molar-refractivity contribution in [3.8, 4) is 0 Å². The molecule has 0 aromatic rings. The number of amides is 1. The Labute approximate surface area is 118 Å². The van der Waals surface area contributed by atoms with Crippen molar-refractivity contribution in [1.82, 2.24) is 4.90 Å². The molecule has 0 radical (unpaired) electrons. The van der Waals surface area contributed by atoms with Crippen LogP contribution in [0.3, 0.4) is 0 Å². The molecular weight excluding hydrogens is 234 g/mol. The molecule has 0 saturated heterocycles. The smallest absolute Gasteiger partial charge is 0.219 e. The summed E-state index contributed by atoms with van der Waals surface area (Å²) in [4.78, 5) is 13.5. The van der Waals surface area contributed by atoms with Crippen LogP contribution in [0.2, 0.25) is 0 Å². The number of hydrogen-bond acceptors (Lipinski definition) is 1. The van der Waals surface area contributed by atoms with E-state index in [1.165, 1.54) is 18.4 Å². The summed E-state index contributed by atoms with van der Waals surface area (Å²) in [5.41, 5.74) is 1.52. The average Bonchev–Trinajstić information content (AvgIpc) is 2.29. The first-order valence-electron chi connectivity index (χ1n) is 7.49. The van der Waals surface area contributed by atoms with E-state index in [0.29, 0.717) is 17.8 Å². The molecule has 1 aliphatic carbocycles. The Morgan fingerprint density at radius 3 is 2.74 bits per heavy atom. The molecule has 0 aliphatic heterocycles. The quantitative estimate of drug-likeness (QED) is 0.686. The summed E-state index contributed by atoms with van der Waals surface area (Å²) in [5, 5.41) is 0. The van der Waals surface area contributed by atoms with Crippen LogP contribution in [0.25, 0.3) is 0 Å². The van der Waals surface area contributed by atoms with Crippen LogP contribution < -0.4 is 0 Å². The fourth-order valence-electron chi connectivity index (χ4n) is 2.72. The zero-order valence-electron chi connectivity index (χ0n) is 13.1. The lowest BCUT2D eigenvalue weighted by molar-refractivity contribution is -0.128. The van der Waals surface area contributed by atoms with Gasteiger partial charge in [0.2, 0.25) is 5.91 Å². The van der Waals surface area contributed by atoms with Gasteiger partial charge in [-0.3, -0.25) is 4.79 Å². The Kier molecular flexibility index (Phi) is 6.33. The molecule has 2 heteroatoms. The van der Waals surface area contributed by atoms with Gasteiger partial charge in [-0.2, -0.15) is 0 Å². The van der Waals surface area contributed by atoms with Crippen LogP contribution in [-0.4, -0.2) is 23.9 Å². The van der Waals surface area contributed by atoms with Crippen molar-refractivity contribution in [1.29, 1.82) is 0 Å². The molecule has 0 saturated carbocycles. The van der Waals surface area contributed by atoms with Crippen molar-refractivity contribution in [3.63, 3.8) is 0 Å². The maximum Gasteiger partial charge on any atom is 0.219 e. The number of allylic oxidation sites excluding steroid dienone is 3. The van der Waals surface area contributed by atoms with Crippen LogP contribution in [0.1, 0.15) is 47.5 Å². The van der Waals surface area contributed by atoms with Crippen LogP contribution >= 0.6 is 0 Å². The number of carbonyl (C=O) groups is 1.